The first kappa shape index (κ1) is 39.4. The van der Waals surface area contributed by atoms with Crippen molar-refractivity contribution in [2.24, 2.45) is 0 Å². The Labute approximate surface area is 311 Å². The number of anilines is 3. The van der Waals surface area contributed by atoms with Crippen molar-refractivity contribution in [2.45, 2.75) is 37.5 Å². The summed E-state index contributed by atoms with van der Waals surface area (Å²) in [6.45, 7) is 7.76. The predicted octanol–water partition coefficient (Wildman–Crippen LogP) is 7.47. The number of H-pyrrole nitrogens is 1. The van der Waals surface area contributed by atoms with Crippen LogP contribution in [-0.2, 0) is 29.6 Å². The van der Waals surface area contributed by atoms with E-state index in [9.17, 15) is 26.4 Å². The van der Waals surface area contributed by atoms with Crippen LogP contribution >= 0.6 is 23.6 Å². The number of aliphatic carboxylic acids is 1. The zero-order valence-corrected chi connectivity index (χ0v) is 31.6. The molecule has 5 N–H and O–H groups in total. The summed E-state index contributed by atoms with van der Waals surface area (Å²) in [5, 5.41) is 17.9. The van der Waals surface area contributed by atoms with E-state index in [1.165, 1.54) is 36.4 Å². The molecule has 1 amide bonds. The molecule has 16 heteroatoms. The van der Waals surface area contributed by atoms with E-state index in [0.717, 1.165) is 39.7 Å². The van der Waals surface area contributed by atoms with E-state index in [4.69, 9.17) is 17.3 Å². The molecule has 4 aromatic carbocycles. The minimum atomic E-state index is -3.70. The van der Waals surface area contributed by atoms with Gasteiger partial charge in [-0.1, -0.05) is 47.7 Å². The van der Waals surface area contributed by atoms with Crippen LogP contribution < -0.4 is 14.8 Å². The molecule has 0 bridgehead atoms. The lowest BCUT2D eigenvalue weighted by Crippen LogP contribution is -2.13. The lowest BCUT2D eigenvalue weighted by atomic mass is 10.1. The van der Waals surface area contributed by atoms with Gasteiger partial charge in [-0.05, 0) is 134 Å². The summed E-state index contributed by atoms with van der Waals surface area (Å²) in [7, 11) is -7.38. The number of rotatable bonds is 11. The number of aromatic amines is 1. The fourth-order valence-electron chi connectivity index (χ4n) is 4.32. The molecular weight excluding hydrogens is 743 g/mol. The summed E-state index contributed by atoms with van der Waals surface area (Å²) in [5.74, 6) is -1.42. The topological polar surface area (TPSA) is 187 Å². The lowest BCUT2D eigenvalue weighted by molar-refractivity contribution is -0.131. The van der Waals surface area contributed by atoms with Gasteiger partial charge >= 0.3 is 5.97 Å². The largest absolute Gasteiger partial charge is 0.478 e. The third kappa shape index (κ3) is 11.6. The van der Waals surface area contributed by atoms with Crippen molar-refractivity contribution in [2.75, 3.05) is 14.8 Å². The number of carbonyl (C=O) groups excluding carboxylic acids is 1. The third-order valence-corrected chi connectivity index (χ3v) is 11.2. The molecule has 0 aliphatic heterocycles. The van der Waals surface area contributed by atoms with Crippen molar-refractivity contribution in [1.29, 1.82) is 0 Å². The number of benzene rings is 4. The second-order valence-electron chi connectivity index (χ2n) is 11.4. The first-order valence-electron chi connectivity index (χ1n) is 15.4. The number of nitrogens with one attached hydrogen (secondary N) is 4. The second kappa shape index (κ2) is 17.2. The maximum atomic E-state index is 12.6. The molecule has 12 nitrogen and oxygen atoms in total. The zero-order chi connectivity index (χ0) is 38.1. The Hall–Kier alpha value is -5.42. The first-order valence-corrected chi connectivity index (χ1v) is 19.6. The number of amides is 1. The van der Waals surface area contributed by atoms with E-state index >= 15 is 0 Å². The average Bonchev–Trinajstić information content (AvgIpc) is 3.50. The van der Waals surface area contributed by atoms with Gasteiger partial charge in [0.15, 0.2) is 3.95 Å². The van der Waals surface area contributed by atoms with Crippen LogP contribution in [0.25, 0.3) is 12.2 Å². The van der Waals surface area contributed by atoms with Crippen molar-refractivity contribution in [3.63, 3.8) is 0 Å². The van der Waals surface area contributed by atoms with Gasteiger partial charge in [0.25, 0.3) is 20.0 Å². The van der Waals surface area contributed by atoms with E-state index in [-0.39, 0.29) is 15.7 Å². The molecule has 0 spiro atoms. The van der Waals surface area contributed by atoms with Gasteiger partial charge in [-0.2, -0.15) is 0 Å². The van der Waals surface area contributed by atoms with Gasteiger partial charge in [-0.25, -0.2) is 21.6 Å². The number of carbonyl (C=O) groups is 2. The molecule has 0 aliphatic carbocycles. The van der Waals surface area contributed by atoms with Gasteiger partial charge in [0.05, 0.1) is 9.79 Å². The molecule has 1 aromatic heterocycles. The highest BCUT2D eigenvalue weighted by molar-refractivity contribution is 7.93. The molecule has 0 fully saturated rings. The number of carboxylic acid groups (broad SMARTS) is 1. The third-order valence-electron chi connectivity index (χ3n) is 7.41. The van der Waals surface area contributed by atoms with Crippen LogP contribution in [-0.4, -0.2) is 44.0 Å². The number of carboxylic acids is 1. The molecule has 270 valence electrons. The zero-order valence-electron chi connectivity index (χ0n) is 28.4. The fraction of sp³-hybridized carbons (Fsp3) is 0.111. The summed E-state index contributed by atoms with van der Waals surface area (Å²) in [4.78, 5) is 22.6. The molecule has 0 aliphatic rings. The van der Waals surface area contributed by atoms with Gasteiger partial charge in [0, 0.05) is 23.5 Å². The van der Waals surface area contributed by atoms with Crippen LogP contribution in [0.3, 0.4) is 0 Å². The number of sulfonamides is 2. The SMILES string of the molecule is Cc1ccc(NS(=O)(=O)c2ccc(/C=C/C(=O)Nc3n[nH]c(=S)s3)cc2)cc1C.Cc1ccc(NS(=O)(=O)c2ccc(/C=C/C(=O)O)cc2)cc1C. The smallest absolute Gasteiger partial charge is 0.328 e. The number of hydrogen-bond donors (Lipinski definition) is 5. The molecule has 0 saturated heterocycles. The van der Waals surface area contributed by atoms with E-state index in [0.29, 0.717) is 31.6 Å². The van der Waals surface area contributed by atoms with E-state index < -0.39 is 26.0 Å². The second-order valence-corrected chi connectivity index (χ2v) is 16.4. The van der Waals surface area contributed by atoms with E-state index in [2.05, 4.69) is 25.0 Å². The standard InChI is InChI=1S/C19H18N4O3S3.C17H17NO4S/c1-12-3-7-15(11-13(12)2)23-29(25,26)16-8-4-14(5-9-16)6-10-17(24)20-18-21-22-19(27)28-18;1-12-3-7-15(11-13(12)2)18-23(21,22)16-8-4-14(5-9-16)6-10-17(19)20/h3-11,23H,1-2H3,(H,22,27)(H,20,21,24);3-11,18H,1-2H3,(H,19,20)/b2*10-6+. The Morgan fingerprint density at radius 3 is 1.52 bits per heavy atom. The van der Waals surface area contributed by atoms with Crippen molar-refractivity contribution in [3.8, 4) is 0 Å². The van der Waals surface area contributed by atoms with Crippen LogP contribution in [0.15, 0.2) is 107 Å². The minimum absolute atomic E-state index is 0.114. The van der Waals surface area contributed by atoms with Crippen LogP contribution in [0.5, 0.6) is 0 Å². The molecule has 0 unspecified atom stereocenters. The van der Waals surface area contributed by atoms with Gasteiger partial charge in [0.2, 0.25) is 11.0 Å². The summed E-state index contributed by atoms with van der Waals surface area (Å²) in [6.07, 6.45) is 5.31. The first-order chi connectivity index (χ1) is 24.5. The molecule has 0 radical (unpaired) electrons. The monoisotopic (exact) mass is 777 g/mol. The molecule has 1 heterocycles. The summed E-state index contributed by atoms with van der Waals surface area (Å²) >= 11 is 6.05. The normalized spacial score (nSPS) is 11.5. The molecular formula is C36H35N5O7S4. The Morgan fingerprint density at radius 2 is 1.13 bits per heavy atom. The average molecular weight is 778 g/mol. The van der Waals surface area contributed by atoms with E-state index in [1.54, 1.807) is 54.6 Å². The number of hydrogen-bond acceptors (Lipinski definition) is 9. The predicted molar refractivity (Wildman–Crippen MR) is 208 cm³/mol. The van der Waals surface area contributed by atoms with Gasteiger partial charge in [0.1, 0.15) is 0 Å². The van der Waals surface area contributed by atoms with Gasteiger partial charge in [-0.15, -0.1) is 5.10 Å². The quantitative estimate of drug-likeness (QED) is 0.0670. The van der Waals surface area contributed by atoms with Crippen LogP contribution in [0.1, 0.15) is 33.4 Å². The fourth-order valence-corrected chi connectivity index (χ4v) is 7.22. The van der Waals surface area contributed by atoms with Crippen LogP contribution in [0, 0.1) is 31.6 Å². The highest BCUT2D eigenvalue weighted by atomic mass is 32.2. The molecule has 5 rings (SSSR count). The summed E-state index contributed by atoms with van der Waals surface area (Å²) in [6, 6.07) is 22.9. The Morgan fingerprint density at radius 1 is 0.692 bits per heavy atom. The minimum Gasteiger partial charge on any atom is -0.478 e. The van der Waals surface area contributed by atoms with Crippen molar-refractivity contribution < 1.29 is 31.5 Å². The molecule has 0 atom stereocenters. The summed E-state index contributed by atoms with van der Waals surface area (Å²) < 4.78 is 55.4. The highest BCUT2D eigenvalue weighted by Gasteiger charge is 2.15. The highest BCUT2D eigenvalue weighted by Crippen LogP contribution is 2.21. The van der Waals surface area contributed by atoms with Crippen molar-refractivity contribution in [3.05, 3.63) is 134 Å². The number of aryl methyl sites for hydroxylation is 4. The van der Waals surface area contributed by atoms with Crippen molar-refractivity contribution >= 4 is 84.1 Å². The van der Waals surface area contributed by atoms with Crippen LogP contribution in [0.4, 0.5) is 16.5 Å². The van der Waals surface area contributed by atoms with Crippen molar-refractivity contribution in [1.82, 2.24) is 10.2 Å². The number of aromatic nitrogens is 2. The van der Waals surface area contributed by atoms with Gasteiger partial charge in [-0.3, -0.25) is 24.7 Å². The Bertz CT molecular complexity index is 2420. The van der Waals surface area contributed by atoms with Crippen LogP contribution in [0.2, 0.25) is 0 Å². The van der Waals surface area contributed by atoms with E-state index in [1.807, 2.05) is 39.8 Å². The Kier molecular flexibility index (Phi) is 13.0. The van der Waals surface area contributed by atoms with Gasteiger partial charge < -0.3 is 5.11 Å². The molecule has 52 heavy (non-hydrogen) atoms. The summed E-state index contributed by atoms with van der Waals surface area (Å²) in [5.41, 5.74) is 6.48. The maximum absolute atomic E-state index is 12.6. The Balaban J connectivity index is 0.000000239. The molecule has 0 saturated carbocycles. The number of nitrogens with zero attached hydrogens (tertiary/aromatic N) is 1. The lowest BCUT2D eigenvalue weighted by Gasteiger charge is -2.10. The molecule has 5 aromatic rings. The maximum Gasteiger partial charge on any atom is 0.328 e.